The summed E-state index contributed by atoms with van der Waals surface area (Å²) in [6.45, 7) is 8.22. The number of carbonyl (C=O) groups excluding carboxylic acids is 1. The van der Waals surface area contributed by atoms with Crippen LogP contribution in [-0.4, -0.2) is 57.9 Å². The summed E-state index contributed by atoms with van der Waals surface area (Å²) in [7, 11) is 0. The van der Waals surface area contributed by atoms with Crippen molar-refractivity contribution in [1.82, 2.24) is 19.4 Å². The van der Waals surface area contributed by atoms with Crippen molar-refractivity contribution in [2.45, 2.75) is 52.0 Å². The first-order chi connectivity index (χ1) is 13.6. The molecule has 2 aromatic heterocycles. The van der Waals surface area contributed by atoms with Crippen LogP contribution in [0.1, 0.15) is 59.9 Å². The maximum Gasteiger partial charge on any atom is 0.225 e. The fourth-order valence-electron chi connectivity index (χ4n) is 4.81. The molecule has 0 amide bonds. The summed E-state index contributed by atoms with van der Waals surface area (Å²) in [5.74, 6) is 1.03. The van der Waals surface area contributed by atoms with Gasteiger partial charge in [-0.2, -0.15) is 0 Å². The van der Waals surface area contributed by atoms with E-state index in [2.05, 4.69) is 44.2 Å². The minimum absolute atomic E-state index is 0.250. The number of hydrogen-bond acceptors (Lipinski definition) is 5. The van der Waals surface area contributed by atoms with Gasteiger partial charge in [0.25, 0.3) is 0 Å². The highest BCUT2D eigenvalue weighted by molar-refractivity contribution is 5.99. The Morgan fingerprint density at radius 2 is 1.71 bits per heavy atom. The number of carbonyl (C=O) groups is 1. The van der Waals surface area contributed by atoms with Crippen molar-refractivity contribution in [2.24, 2.45) is 0 Å². The molecule has 150 valence electrons. The van der Waals surface area contributed by atoms with E-state index in [-0.39, 0.29) is 5.78 Å². The Morgan fingerprint density at radius 3 is 2.39 bits per heavy atom. The van der Waals surface area contributed by atoms with Gasteiger partial charge in [-0.25, -0.2) is 9.97 Å². The van der Waals surface area contributed by atoms with Crippen LogP contribution in [0.3, 0.4) is 0 Å². The molecule has 2 aromatic rings. The number of rotatable bonds is 5. The van der Waals surface area contributed by atoms with E-state index in [0.717, 1.165) is 43.4 Å². The third kappa shape index (κ3) is 3.97. The highest BCUT2D eigenvalue weighted by Crippen LogP contribution is 2.32. The van der Waals surface area contributed by atoms with Crippen LogP contribution in [0.15, 0.2) is 24.5 Å². The van der Waals surface area contributed by atoms with E-state index in [9.17, 15) is 4.79 Å². The lowest BCUT2D eigenvalue weighted by molar-refractivity contribution is 0.0925. The number of anilines is 1. The summed E-state index contributed by atoms with van der Waals surface area (Å²) in [5.41, 5.74) is 3.31. The average Bonchev–Trinajstić information content (AvgIpc) is 3.04. The SMILES string of the molecule is Cc1cc(C(=O)CN2CCN(c3ncccn3)CC2)c(C)n1C1CCCCC1. The fraction of sp³-hybridized carbons (Fsp3) is 0.591. The maximum atomic E-state index is 13.0. The van der Waals surface area contributed by atoms with Gasteiger partial charge in [0.15, 0.2) is 5.78 Å². The summed E-state index contributed by atoms with van der Waals surface area (Å²) < 4.78 is 2.43. The highest BCUT2D eigenvalue weighted by Gasteiger charge is 2.25. The summed E-state index contributed by atoms with van der Waals surface area (Å²) >= 11 is 0. The van der Waals surface area contributed by atoms with Gasteiger partial charge >= 0.3 is 0 Å². The molecular weight excluding hydrogens is 350 g/mol. The number of piperazine rings is 1. The van der Waals surface area contributed by atoms with Crippen LogP contribution < -0.4 is 4.90 Å². The van der Waals surface area contributed by atoms with E-state index < -0.39 is 0 Å². The minimum Gasteiger partial charge on any atom is -0.345 e. The normalized spacial score (nSPS) is 19.1. The molecule has 0 aromatic carbocycles. The number of ketones is 1. The molecule has 0 N–H and O–H groups in total. The molecule has 2 fully saturated rings. The Morgan fingerprint density at radius 1 is 1.04 bits per heavy atom. The summed E-state index contributed by atoms with van der Waals surface area (Å²) in [5, 5.41) is 0. The number of aromatic nitrogens is 3. The molecule has 1 aliphatic heterocycles. The van der Waals surface area contributed by atoms with Crippen molar-refractivity contribution >= 4 is 11.7 Å². The topological polar surface area (TPSA) is 54.3 Å². The molecule has 0 radical (unpaired) electrons. The molecule has 1 aliphatic carbocycles. The van der Waals surface area contributed by atoms with Gasteiger partial charge in [0.05, 0.1) is 6.54 Å². The summed E-state index contributed by atoms with van der Waals surface area (Å²) in [6.07, 6.45) is 10.0. The Bertz CT molecular complexity index is 802. The Labute approximate surface area is 167 Å². The summed E-state index contributed by atoms with van der Waals surface area (Å²) in [4.78, 5) is 26.2. The van der Waals surface area contributed by atoms with Crippen molar-refractivity contribution in [2.75, 3.05) is 37.6 Å². The van der Waals surface area contributed by atoms with Gasteiger partial charge in [-0.3, -0.25) is 9.69 Å². The van der Waals surface area contributed by atoms with Crippen LogP contribution in [0.2, 0.25) is 0 Å². The van der Waals surface area contributed by atoms with Gasteiger partial charge in [0, 0.05) is 61.6 Å². The van der Waals surface area contributed by atoms with Gasteiger partial charge in [0.1, 0.15) is 0 Å². The van der Waals surface area contributed by atoms with Crippen molar-refractivity contribution in [3.05, 3.63) is 41.5 Å². The van der Waals surface area contributed by atoms with Gasteiger partial charge in [0.2, 0.25) is 5.95 Å². The highest BCUT2D eigenvalue weighted by atomic mass is 16.1. The second kappa shape index (κ2) is 8.43. The standard InChI is InChI=1S/C22H31N5O/c1-17-15-20(18(2)27(17)19-7-4-3-5-8-19)21(28)16-25-11-13-26(14-12-25)22-23-9-6-10-24-22/h6,9-10,15,19H,3-5,7-8,11-14,16H2,1-2H3. The molecule has 0 unspecified atom stereocenters. The van der Waals surface area contributed by atoms with Crippen molar-refractivity contribution in [1.29, 1.82) is 0 Å². The van der Waals surface area contributed by atoms with Gasteiger partial charge in [-0.05, 0) is 38.8 Å². The Hall–Kier alpha value is -2.21. The van der Waals surface area contributed by atoms with Crippen molar-refractivity contribution in [3.8, 4) is 0 Å². The fourth-order valence-corrected chi connectivity index (χ4v) is 4.81. The first-order valence-corrected chi connectivity index (χ1v) is 10.6. The predicted molar refractivity (Wildman–Crippen MR) is 111 cm³/mol. The molecular formula is C22H31N5O. The monoisotopic (exact) mass is 381 g/mol. The Balaban J connectivity index is 1.38. The molecule has 1 saturated heterocycles. The van der Waals surface area contributed by atoms with Crippen LogP contribution >= 0.6 is 0 Å². The second-order valence-corrected chi connectivity index (χ2v) is 8.18. The van der Waals surface area contributed by atoms with Crippen LogP contribution in [-0.2, 0) is 0 Å². The first-order valence-electron chi connectivity index (χ1n) is 10.6. The molecule has 6 nitrogen and oxygen atoms in total. The van der Waals surface area contributed by atoms with E-state index >= 15 is 0 Å². The zero-order valence-corrected chi connectivity index (χ0v) is 17.1. The number of aryl methyl sites for hydroxylation is 1. The smallest absolute Gasteiger partial charge is 0.225 e. The van der Waals surface area contributed by atoms with E-state index in [1.807, 2.05) is 6.07 Å². The molecule has 4 rings (SSSR count). The van der Waals surface area contributed by atoms with Crippen LogP contribution in [0.5, 0.6) is 0 Å². The Kier molecular flexibility index (Phi) is 5.76. The van der Waals surface area contributed by atoms with E-state index in [4.69, 9.17) is 0 Å². The van der Waals surface area contributed by atoms with Gasteiger partial charge in [-0.1, -0.05) is 19.3 Å². The molecule has 28 heavy (non-hydrogen) atoms. The summed E-state index contributed by atoms with van der Waals surface area (Å²) in [6, 6.07) is 4.52. The average molecular weight is 382 g/mol. The van der Waals surface area contributed by atoms with Crippen LogP contribution in [0.4, 0.5) is 5.95 Å². The molecule has 0 bridgehead atoms. The van der Waals surface area contributed by atoms with Crippen molar-refractivity contribution in [3.63, 3.8) is 0 Å². The third-order valence-corrected chi connectivity index (χ3v) is 6.30. The number of hydrogen-bond donors (Lipinski definition) is 0. The molecule has 1 saturated carbocycles. The lowest BCUT2D eigenvalue weighted by atomic mass is 9.95. The van der Waals surface area contributed by atoms with E-state index in [0.29, 0.717) is 12.6 Å². The quantitative estimate of drug-likeness (QED) is 0.743. The lowest BCUT2D eigenvalue weighted by Crippen LogP contribution is -2.48. The third-order valence-electron chi connectivity index (χ3n) is 6.30. The van der Waals surface area contributed by atoms with E-state index in [1.54, 1.807) is 12.4 Å². The maximum absolute atomic E-state index is 13.0. The zero-order valence-electron chi connectivity index (χ0n) is 17.1. The lowest BCUT2D eigenvalue weighted by Gasteiger charge is -2.34. The van der Waals surface area contributed by atoms with E-state index in [1.165, 1.54) is 37.8 Å². The molecule has 3 heterocycles. The second-order valence-electron chi connectivity index (χ2n) is 8.18. The molecule has 0 atom stereocenters. The zero-order chi connectivity index (χ0) is 19.5. The van der Waals surface area contributed by atoms with Crippen LogP contribution in [0, 0.1) is 13.8 Å². The number of Topliss-reactive ketones (excluding diaryl/α,β-unsaturated/α-hetero) is 1. The molecule has 2 aliphatic rings. The first kappa shape index (κ1) is 19.1. The van der Waals surface area contributed by atoms with Crippen LogP contribution in [0.25, 0.3) is 0 Å². The van der Waals surface area contributed by atoms with Crippen molar-refractivity contribution < 1.29 is 4.79 Å². The minimum atomic E-state index is 0.250. The van der Waals surface area contributed by atoms with Gasteiger partial charge in [-0.15, -0.1) is 0 Å². The number of nitrogens with zero attached hydrogens (tertiary/aromatic N) is 5. The molecule has 0 spiro atoms. The largest absolute Gasteiger partial charge is 0.345 e. The molecule has 6 heteroatoms. The predicted octanol–water partition coefficient (Wildman–Crippen LogP) is 3.41. The van der Waals surface area contributed by atoms with Gasteiger partial charge < -0.3 is 9.47 Å².